The van der Waals surface area contributed by atoms with Crippen LogP contribution in [-0.2, 0) is 14.4 Å². The van der Waals surface area contributed by atoms with Gasteiger partial charge in [0.1, 0.15) is 6.04 Å². The highest BCUT2D eigenvalue weighted by molar-refractivity contribution is 9.09. The van der Waals surface area contributed by atoms with Crippen LogP contribution in [0.1, 0.15) is 40.0 Å². The number of amides is 3. The second kappa shape index (κ2) is 10.6. The van der Waals surface area contributed by atoms with Gasteiger partial charge in [-0.1, -0.05) is 54.7 Å². The van der Waals surface area contributed by atoms with Gasteiger partial charge >= 0.3 is 0 Å². The molecule has 2 bridgehead atoms. The zero-order valence-corrected chi connectivity index (χ0v) is 23.3. The van der Waals surface area contributed by atoms with Gasteiger partial charge in [-0.25, -0.2) is 0 Å². The number of hydrogen-bond donors (Lipinski definition) is 3. The highest BCUT2D eigenvalue weighted by atomic mass is 79.9. The van der Waals surface area contributed by atoms with Crippen molar-refractivity contribution in [2.75, 3.05) is 18.5 Å². The Balaban J connectivity index is 1.76. The number of hydrogen-bond acceptors (Lipinski definition) is 5. The monoisotopic (exact) mass is 585 g/mol. The van der Waals surface area contributed by atoms with Gasteiger partial charge in [0, 0.05) is 27.3 Å². The molecule has 10 heteroatoms. The van der Waals surface area contributed by atoms with Crippen molar-refractivity contribution in [3.63, 3.8) is 0 Å². The summed E-state index contributed by atoms with van der Waals surface area (Å²) in [5, 5.41) is 16.8. The van der Waals surface area contributed by atoms with Crippen LogP contribution in [0.5, 0.6) is 0 Å². The molecule has 8 atom stereocenters. The lowest BCUT2D eigenvalue weighted by Gasteiger charge is -2.39. The number of fused-ring (bicyclic) bond motifs is 1. The molecule has 7 nitrogen and oxygen atoms in total. The second-order valence-electron chi connectivity index (χ2n) is 9.83. The molecular weight excluding hydrogens is 554 g/mol. The van der Waals surface area contributed by atoms with Gasteiger partial charge < -0.3 is 20.6 Å². The van der Waals surface area contributed by atoms with E-state index in [0.29, 0.717) is 23.7 Å². The lowest BCUT2D eigenvalue weighted by atomic mass is 9.70. The third kappa shape index (κ3) is 4.51. The number of halogens is 2. The Labute approximate surface area is 224 Å². The zero-order chi connectivity index (χ0) is 25.5. The summed E-state index contributed by atoms with van der Waals surface area (Å²) in [5.41, 5.74) is 0.584. The number of nitrogens with one attached hydrogen (secondary N) is 2. The van der Waals surface area contributed by atoms with Gasteiger partial charge in [0.25, 0.3) is 0 Å². The van der Waals surface area contributed by atoms with Gasteiger partial charge in [-0.3, -0.25) is 14.4 Å². The maximum absolute atomic E-state index is 14.1. The number of carbonyl (C=O) groups is 3. The lowest BCUT2D eigenvalue weighted by Crippen LogP contribution is -2.56. The van der Waals surface area contributed by atoms with E-state index in [1.54, 1.807) is 40.9 Å². The highest BCUT2D eigenvalue weighted by Crippen LogP contribution is 2.68. The molecule has 1 spiro atoms. The molecule has 1 aromatic rings. The van der Waals surface area contributed by atoms with Crippen LogP contribution in [0.3, 0.4) is 0 Å². The normalized spacial score (nSPS) is 32.9. The maximum Gasteiger partial charge on any atom is 0.248 e. The SMILES string of the molecule is CCCNC(=O)[C@H]1[C@@H]2SC3(CC2Br)C(C(=O)Nc2ccc(Cl)cc2)N([C@@H](CO)[C@@H](C)CC)C(=O)[C@H]13. The minimum absolute atomic E-state index is 0.0101. The fraction of sp³-hybridized carbons (Fsp3) is 0.640. The number of rotatable bonds is 9. The van der Waals surface area contributed by atoms with E-state index < -0.39 is 28.7 Å². The fourth-order valence-electron chi connectivity index (χ4n) is 5.95. The Morgan fingerprint density at radius 2 is 1.97 bits per heavy atom. The van der Waals surface area contributed by atoms with Crippen molar-refractivity contribution in [3.8, 4) is 0 Å². The first-order valence-corrected chi connectivity index (χ1v) is 14.5. The van der Waals surface area contributed by atoms with Crippen LogP contribution in [0.2, 0.25) is 5.02 Å². The van der Waals surface area contributed by atoms with Gasteiger partial charge in [0.2, 0.25) is 17.7 Å². The summed E-state index contributed by atoms with van der Waals surface area (Å²) in [6, 6.07) is 5.53. The first kappa shape index (κ1) is 26.8. The molecule has 35 heavy (non-hydrogen) atoms. The van der Waals surface area contributed by atoms with Crippen molar-refractivity contribution in [2.45, 2.75) is 66.9 Å². The molecule has 192 valence electrons. The third-order valence-corrected chi connectivity index (χ3v) is 11.3. The van der Waals surface area contributed by atoms with Gasteiger partial charge in [0.05, 0.1) is 29.2 Å². The summed E-state index contributed by atoms with van der Waals surface area (Å²) >= 11 is 11.4. The van der Waals surface area contributed by atoms with E-state index in [1.165, 1.54) is 0 Å². The standard InChI is InChI=1S/C25H33BrClN3O4S/c1-4-10-28-22(32)18-19-24(34)30(17(12-31)13(3)5-2)21(25(19)11-16(26)20(18)35-25)23(33)29-15-8-6-14(27)7-9-15/h6-9,13,16-21,31H,4-5,10-12H2,1-3H3,(H,28,32)(H,29,33)/t13-,16?,17-,18+,19-,20+,21?,25?/m0/s1. The number of thioether (sulfide) groups is 1. The number of anilines is 1. The minimum Gasteiger partial charge on any atom is -0.394 e. The smallest absolute Gasteiger partial charge is 0.248 e. The molecule has 3 amide bonds. The molecular formula is C25H33BrClN3O4S. The largest absolute Gasteiger partial charge is 0.394 e. The van der Waals surface area contributed by atoms with Crippen molar-refractivity contribution in [1.82, 2.24) is 10.2 Å². The van der Waals surface area contributed by atoms with Crippen LogP contribution in [0.25, 0.3) is 0 Å². The molecule has 3 aliphatic heterocycles. The Morgan fingerprint density at radius 1 is 1.29 bits per heavy atom. The van der Waals surface area contributed by atoms with E-state index in [-0.39, 0.29) is 40.3 Å². The van der Waals surface area contributed by atoms with Crippen molar-refractivity contribution < 1.29 is 19.5 Å². The number of alkyl halides is 1. The van der Waals surface area contributed by atoms with Crippen LogP contribution in [0.4, 0.5) is 5.69 Å². The van der Waals surface area contributed by atoms with Gasteiger partial charge in [-0.2, -0.15) is 0 Å². The van der Waals surface area contributed by atoms with E-state index in [4.69, 9.17) is 11.6 Å². The molecule has 3 fully saturated rings. The Morgan fingerprint density at radius 3 is 2.57 bits per heavy atom. The number of nitrogens with zero attached hydrogens (tertiary/aromatic N) is 1. The molecule has 3 saturated heterocycles. The number of likely N-dealkylation sites (tertiary alicyclic amines) is 1. The molecule has 3 unspecified atom stereocenters. The van der Waals surface area contributed by atoms with E-state index in [2.05, 4.69) is 26.6 Å². The molecule has 3 heterocycles. The van der Waals surface area contributed by atoms with Crippen molar-refractivity contribution in [2.24, 2.45) is 17.8 Å². The van der Waals surface area contributed by atoms with E-state index >= 15 is 0 Å². The van der Waals surface area contributed by atoms with Crippen LogP contribution >= 0.6 is 39.3 Å². The van der Waals surface area contributed by atoms with Crippen molar-refractivity contribution >= 4 is 62.7 Å². The third-order valence-electron chi connectivity index (χ3n) is 7.78. The lowest BCUT2D eigenvalue weighted by molar-refractivity contribution is -0.143. The first-order valence-electron chi connectivity index (χ1n) is 12.3. The van der Waals surface area contributed by atoms with Crippen LogP contribution in [0.15, 0.2) is 24.3 Å². The topological polar surface area (TPSA) is 98.7 Å². The highest BCUT2D eigenvalue weighted by Gasteiger charge is 2.76. The molecule has 3 aliphatic rings. The molecule has 0 aliphatic carbocycles. The minimum atomic E-state index is -0.805. The molecule has 3 N–H and O–H groups in total. The van der Waals surface area contributed by atoms with Gasteiger partial charge in [-0.05, 0) is 43.0 Å². The van der Waals surface area contributed by atoms with E-state index in [0.717, 1.165) is 12.8 Å². The van der Waals surface area contributed by atoms with Crippen LogP contribution in [0, 0.1) is 17.8 Å². The van der Waals surface area contributed by atoms with Crippen LogP contribution < -0.4 is 10.6 Å². The summed E-state index contributed by atoms with van der Waals surface area (Å²) in [6.45, 7) is 6.28. The molecule has 0 radical (unpaired) electrons. The molecule has 4 rings (SSSR count). The first-order chi connectivity index (χ1) is 16.7. The number of aliphatic hydroxyl groups excluding tert-OH is 1. The number of aliphatic hydroxyl groups is 1. The average Bonchev–Trinajstić information content (AvgIpc) is 3.43. The van der Waals surface area contributed by atoms with E-state index in [1.807, 2.05) is 20.8 Å². The summed E-state index contributed by atoms with van der Waals surface area (Å²) in [7, 11) is 0. The fourth-order valence-corrected chi connectivity index (χ4v) is 9.67. The summed E-state index contributed by atoms with van der Waals surface area (Å²) in [5.74, 6) is -1.78. The van der Waals surface area contributed by atoms with Gasteiger partial charge in [0.15, 0.2) is 0 Å². The summed E-state index contributed by atoms with van der Waals surface area (Å²) in [6.07, 6.45) is 2.15. The summed E-state index contributed by atoms with van der Waals surface area (Å²) < 4.78 is -0.748. The summed E-state index contributed by atoms with van der Waals surface area (Å²) in [4.78, 5) is 42.9. The predicted octanol–water partition coefficient (Wildman–Crippen LogP) is 3.68. The Hall–Kier alpha value is -1.29. The van der Waals surface area contributed by atoms with Crippen LogP contribution in [-0.4, -0.2) is 67.8 Å². The number of benzene rings is 1. The Bertz CT molecular complexity index is 982. The molecule has 0 saturated carbocycles. The second-order valence-corrected chi connectivity index (χ2v) is 13.0. The van der Waals surface area contributed by atoms with Crippen molar-refractivity contribution in [3.05, 3.63) is 29.3 Å². The number of carbonyl (C=O) groups excluding carboxylic acids is 3. The predicted molar refractivity (Wildman–Crippen MR) is 143 cm³/mol. The van der Waals surface area contributed by atoms with Crippen molar-refractivity contribution in [1.29, 1.82) is 0 Å². The molecule has 0 aromatic heterocycles. The quantitative estimate of drug-likeness (QED) is 0.384. The average molecular weight is 587 g/mol. The van der Waals surface area contributed by atoms with Gasteiger partial charge in [-0.15, -0.1) is 11.8 Å². The molecule has 1 aromatic carbocycles. The van der Waals surface area contributed by atoms with E-state index in [9.17, 15) is 19.5 Å². The zero-order valence-electron chi connectivity index (χ0n) is 20.2. The maximum atomic E-state index is 14.1. The Kier molecular flexibility index (Phi) is 8.10.